The number of benzene rings is 2. The molecule has 2 aromatic carbocycles. The molecule has 0 saturated carbocycles. The third-order valence-corrected chi connectivity index (χ3v) is 5.59. The summed E-state index contributed by atoms with van der Waals surface area (Å²) in [4.78, 5) is 17.2. The van der Waals surface area contributed by atoms with Gasteiger partial charge in [-0.3, -0.25) is 4.79 Å². The second-order valence-corrected chi connectivity index (χ2v) is 8.12. The first-order valence-electron chi connectivity index (χ1n) is 10.6. The molecule has 2 aromatic rings. The van der Waals surface area contributed by atoms with E-state index in [1.54, 1.807) is 0 Å². The van der Waals surface area contributed by atoms with E-state index in [9.17, 15) is 4.79 Å². The number of fused-ring (bicyclic) bond motifs is 1. The molecule has 2 aliphatic heterocycles. The number of carbonyl (C=O) groups excluding carboxylic acids is 1. The number of ether oxygens (including phenoxy) is 3. The summed E-state index contributed by atoms with van der Waals surface area (Å²) in [5.41, 5.74) is 3.20. The van der Waals surface area contributed by atoms with E-state index in [4.69, 9.17) is 14.2 Å². The fourth-order valence-electron chi connectivity index (χ4n) is 3.89. The highest BCUT2D eigenvalue weighted by atomic mass is 16.6. The number of nitrogens with zero attached hydrogens (tertiary/aromatic N) is 2. The number of anilines is 1. The Labute approximate surface area is 178 Å². The van der Waals surface area contributed by atoms with Crippen LogP contribution in [0.5, 0.6) is 11.5 Å². The molecular formula is C24H30N2O4. The molecule has 0 aliphatic carbocycles. The Bertz CT molecular complexity index is 860. The predicted octanol–water partition coefficient (Wildman–Crippen LogP) is 3.27. The monoisotopic (exact) mass is 410 g/mol. The molecule has 0 spiro atoms. The van der Waals surface area contributed by atoms with Gasteiger partial charge in [0.25, 0.3) is 0 Å². The molecule has 1 fully saturated rings. The molecule has 6 nitrogen and oxygen atoms in total. The van der Waals surface area contributed by atoms with Gasteiger partial charge in [0.1, 0.15) is 13.2 Å². The van der Waals surface area contributed by atoms with Crippen molar-refractivity contribution in [1.82, 2.24) is 4.90 Å². The third kappa shape index (κ3) is 5.05. The van der Waals surface area contributed by atoms with Crippen molar-refractivity contribution in [3.05, 3.63) is 53.6 Å². The standard InChI is InChI=1S/C24H30N2O4/c1-25(2)20-8-5-18(6-9-20)16-26(17-21-4-3-11-28-21)24(27)15-19-7-10-22-23(14-19)30-13-12-29-22/h5-10,14,21H,3-4,11-13,15-17H2,1-2H3/t21-/m0/s1. The Hall–Kier alpha value is -2.73. The molecule has 30 heavy (non-hydrogen) atoms. The van der Waals surface area contributed by atoms with Crippen LogP contribution in [-0.2, 0) is 22.5 Å². The van der Waals surface area contributed by atoms with Gasteiger partial charge in [-0.05, 0) is 48.2 Å². The summed E-state index contributed by atoms with van der Waals surface area (Å²) in [5.74, 6) is 1.56. The van der Waals surface area contributed by atoms with E-state index in [0.717, 1.165) is 47.8 Å². The zero-order valence-electron chi connectivity index (χ0n) is 17.8. The highest BCUT2D eigenvalue weighted by Gasteiger charge is 2.23. The minimum Gasteiger partial charge on any atom is -0.486 e. The fraction of sp³-hybridized carbons (Fsp3) is 0.458. The van der Waals surface area contributed by atoms with Gasteiger partial charge in [-0.1, -0.05) is 18.2 Å². The van der Waals surface area contributed by atoms with E-state index in [-0.39, 0.29) is 12.0 Å². The number of carbonyl (C=O) groups is 1. The van der Waals surface area contributed by atoms with Crippen LogP contribution in [0.4, 0.5) is 5.69 Å². The van der Waals surface area contributed by atoms with Crippen molar-refractivity contribution < 1.29 is 19.0 Å². The van der Waals surface area contributed by atoms with Gasteiger partial charge in [0, 0.05) is 39.5 Å². The molecule has 0 aromatic heterocycles. The molecule has 4 rings (SSSR count). The van der Waals surface area contributed by atoms with Crippen molar-refractivity contribution in [3.8, 4) is 11.5 Å². The molecule has 1 atom stereocenters. The average molecular weight is 411 g/mol. The van der Waals surface area contributed by atoms with Crippen molar-refractivity contribution >= 4 is 11.6 Å². The molecule has 0 N–H and O–H groups in total. The van der Waals surface area contributed by atoms with Crippen LogP contribution >= 0.6 is 0 Å². The Morgan fingerprint density at radius 3 is 2.40 bits per heavy atom. The minimum atomic E-state index is 0.0962. The molecule has 2 heterocycles. The minimum absolute atomic E-state index is 0.0962. The Morgan fingerprint density at radius 2 is 1.70 bits per heavy atom. The Morgan fingerprint density at radius 1 is 0.967 bits per heavy atom. The van der Waals surface area contributed by atoms with Crippen LogP contribution in [0.3, 0.4) is 0 Å². The second-order valence-electron chi connectivity index (χ2n) is 8.12. The summed E-state index contributed by atoms with van der Waals surface area (Å²) >= 11 is 0. The van der Waals surface area contributed by atoms with Crippen LogP contribution in [-0.4, -0.2) is 57.4 Å². The first-order chi connectivity index (χ1) is 14.6. The molecule has 160 valence electrons. The van der Waals surface area contributed by atoms with E-state index in [2.05, 4.69) is 29.2 Å². The predicted molar refractivity (Wildman–Crippen MR) is 116 cm³/mol. The van der Waals surface area contributed by atoms with Gasteiger partial charge in [-0.2, -0.15) is 0 Å². The van der Waals surface area contributed by atoms with Gasteiger partial charge in [0.15, 0.2) is 11.5 Å². The maximum absolute atomic E-state index is 13.2. The lowest BCUT2D eigenvalue weighted by Gasteiger charge is -2.26. The Kier molecular flexibility index (Phi) is 6.43. The number of hydrogen-bond donors (Lipinski definition) is 0. The van der Waals surface area contributed by atoms with Crippen molar-refractivity contribution in [2.75, 3.05) is 45.4 Å². The molecule has 1 saturated heterocycles. The third-order valence-electron chi connectivity index (χ3n) is 5.59. The molecular weight excluding hydrogens is 380 g/mol. The van der Waals surface area contributed by atoms with E-state index in [1.807, 2.05) is 37.2 Å². The topological polar surface area (TPSA) is 51.2 Å². The zero-order valence-corrected chi connectivity index (χ0v) is 17.8. The van der Waals surface area contributed by atoms with Crippen molar-refractivity contribution in [3.63, 3.8) is 0 Å². The summed E-state index contributed by atoms with van der Waals surface area (Å²) in [6.45, 7) is 3.09. The fourth-order valence-corrected chi connectivity index (χ4v) is 3.89. The lowest BCUT2D eigenvalue weighted by Crippen LogP contribution is -2.37. The van der Waals surface area contributed by atoms with Gasteiger partial charge >= 0.3 is 0 Å². The van der Waals surface area contributed by atoms with Crippen LogP contribution in [0.2, 0.25) is 0 Å². The van der Waals surface area contributed by atoms with Crippen LogP contribution in [0.25, 0.3) is 0 Å². The zero-order chi connectivity index (χ0) is 20.9. The summed E-state index contributed by atoms with van der Waals surface area (Å²) in [6, 6.07) is 14.1. The summed E-state index contributed by atoms with van der Waals surface area (Å²) < 4.78 is 17.1. The SMILES string of the molecule is CN(C)c1ccc(CN(C[C@@H]2CCCO2)C(=O)Cc2ccc3c(c2)OCCO3)cc1. The van der Waals surface area contributed by atoms with Gasteiger partial charge in [-0.25, -0.2) is 0 Å². The highest BCUT2D eigenvalue weighted by Crippen LogP contribution is 2.31. The lowest BCUT2D eigenvalue weighted by molar-refractivity contribution is -0.132. The van der Waals surface area contributed by atoms with Crippen molar-refractivity contribution in [2.45, 2.75) is 31.9 Å². The van der Waals surface area contributed by atoms with Gasteiger partial charge < -0.3 is 24.0 Å². The summed E-state index contributed by atoms with van der Waals surface area (Å²) in [5, 5.41) is 0. The highest BCUT2D eigenvalue weighted by molar-refractivity contribution is 5.79. The first-order valence-corrected chi connectivity index (χ1v) is 10.6. The van der Waals surface area contributed by atoms with Crippen LogP contribution in [0.1, 0.15) is 24.0 Å². The molecule has 0 bridgehead atoms. The quantitative estimate of drug-likeness (QED) is 0.701. The molecule has 6 heteroatoms. The smallest absolute Gasteiger partial charge is 0.227 e. The van der Waals surface area contributed by atoms with E-state index in [1.165, 1.54) is 0 Å². The van der Waals surface area contributed by atoms with Gasteiger partial charge in [0.05, 0.1) is 12.5 Å². The van der Waals surface area contributed by atoms with E-state index in [0.29, 0.717) is 32.7 Å². The molecule has 1 amide bonds. The van der Waals surface area contributed by atoms with E-state index < -0.39 is 0 Å². The summed E-state index contributed by atoms with van der Waals surface area (Å²) in [7, 11) is 4.05. The van der Waals surface area contributed by atoms with Crippen LogP contribution < -0.4 is 14.4 Å². The lowest BCUT2D eigenvalue weighted by atomic mass is 10.1. The van der Waals surface area contributed by atoms with Crippen molar-refractivity contribution in [1.29, 1.82) is 0 Å². The van der Waals surface area contributed by atoms with Gasteiger partial charge in [-0.15, -0.1) is 0 Å². The maximum atomic E-state index is 13.2. The largest absolute Gasteiger partial charge is 0.486 e. The first kappa shape index (κ1) is 20.5. The normalized spacial score (nSPS) is 17.6. The van der Waals surface area contributed by atoms with E-state index >= 15 is 0 Å². The molecule has 0 unspecified atom stereocenters. The maximum Gasteiger partial charge on any atom is 0.227 e. The van der Waals surface area contributed by atoms with Crippen LogP contribution in [0.15, 0.2) is 42.5 Å². The van der Waals surface area contributed by atoms with Crippen molar-refractivity contribution in [2.24, 2.45) is 0 Å². The number of hydrogen-bond acceptors (Lipinski definition) is 5. The van der Waals surface area contributed by atoms with Crippen LogP contribution in [0, 0.1) is 0 Å². The second kappa shape index (κ2) is 9.39. The molecule has 0 radical (unpaired) electrons. The Balaban J connectivity index is 1.47. The van der Waals surface area contributed by atoms with Gasteiger partial charge in [0.2, 0.25) is 5.91 Å². The number of rotatable bonds is 7. The number of amides is 1. The molecule has 2 aliphatic rings. The summed E-state index contributed by atoms with van der Waals surface area (Å²) in [6.07, 6.45) is 2.52. The average Bonchev–Trinajstić information content (AvgIpc) is 3.27.